The van der Waals surface area contributed by atoms with Gasteiger partial charge in [0.05, 0.1) is 22.7 Å². The maximum absolute atomic E-state index is 12.0. The van der Waals surface area contributed by atoms with Crippen molar-refractivity contribution in [1.29, 1.82) is 0 Å². The van der Waals surface area contributed by atoms with Crippen molar-refractivity contribution < 1.29 is 13.2 Å². The van der Waals surface area contributed by atoms with Crippen molar-refractivity contribution in [3.8, 4) is 5.75 Å². The number of hydrogen-bond acceptors (Lipinski definition) is 4. The molecule has 22 heavy (non-hydrogen) atoms. The molecule has 116 valence electrons. The zero-order valence-electron chi connectivity index (χ0n) is 11.5. The molecule has 0 heterocycles. The Kier molecular flexibility index (Phi) is 5.60. The van der Waals surface area contributed by atoms with Crippen molar-refractivity contribution in [3.05, 3.63) is 57.0 Å². The Morgan fingerprint density at radius 1 is 1.18 bits per heavy atom. The second-order valence-electron chi connectivity index (χ2n) is 4.18. The molecule has 0 spiro atoms. The molecule has 0 aromatic heterocycles. The first-order valence-electron chi connectivity index (χ1n) is 6.07. The molecule has 0 saturated heterocycles. The van der Waals surface area contributed by atoms with Crippen LogP contribution in [0.4, 0.5) is 0 Å². The van der Waals surface area contributed by atoms with Gasteiger partial charge in [-0.25, -0.2) is 4.83 Å². The van der Waals surface area contributed by atoms with E-state index in [9.17, 15) is 8.42 Å². The molecule has 0 bridgehead atoms. The highest BCUT2D eigenvalue weighted by atomic mass is 79.9. The molecule has 0 unspecified atom stereocenters. The normalized spacial score (nSPS) is 11.6. The first-order chi connectivity index (χ1) is 10.4. The van der Waals surface area contributed by atoms with Crippen LogP contribution in [-0.4, -0.2) is 21.7 Å². The van der Waals surface area contributed by atoms with E-state index in [1.165, 1.54) is 25.5 Å². The topological polar surface area (TPSA) is 67.8 Å². The number of rotatable bonds is 5. The summed E-state index contributed by atoms with van der Waals surface area (Å²) >= 11 is 6.73. The van der Waals surface area contributed by atoms with Gasteiger partial charge in [0.15, 0.2) is 0 Å². The molecule has 2 aromatic carbocycles. The molecule has 8 heteroatoms. The van der Waals surface area contributed by atoms with Crippen LogP contribution < -0.4 is 9.57 Å². The molecule has 0 radical (unpaired) electrons. The molecule has 0 aliphatic carbocycles. The summed E-state index contributed by atoms with van der Waals surface area (Å²) in [6.45, 7) is 0. The van der Waals surface area contributed by atoms with E-state index in [1.54, 1.807) is 24.3 Å². The molecule has 5 nitrogen and oxygen atoms in total. The van der Waals surface area contributed by atoms with E-state index >= 15 is 0 Å². The Hall–Kier alpha value is -1.38. The highest BCUT2D eigenvalue weighted by Gasteiger charge is 2.12. The van der Waals surface area contributed by atoms with Crippen molar-refractivity contribution in [3.63, 3.8) is 0 Å². The summed E-state index contributed by atoms with van der Waals surface area (Å²) in [5.41, 5.74) is 0.625. The van der Waals surface area contributed by atoms with Gasteiger partial charge in [-0.15, -0.1) is 0 Å². The fraction of sp³-hybridized carbons (Fsp3) is 0.0714. The van der Waals surface area contributed by atoms with Gasteiger partial charge in [-0.05, 0) is 40.2 Å². The van der Waals surface area contributed by atoms with Crippen molar-refractivity contribution in [2.24, 2.45) is 5.10 Å². The smallest absolute Gasteiger partial charge is 0.276 e. The molecule has 2 rings (SSSR count). The first kappa shape index (κ1) is 17.0. The molecule has 0 fully saturated rings. The van der Waals surface area contributed by atoms with Crippen LogP contribution in [0.5, 0.6) is 5.75 Å². The number of hydrazone groups is 1. The number of sulfonamides is 1. The molecule has 0 aliphatic rings. The van der Waals surface area contributed by atoms with Crippen molar-refractivity contribution in [2.45, 2.75) is 4.90 Å². The van der Waals surface area contributed by atoms with Gasteiger partial charge in [0.1, 0.15) is 5.75 Å². The van der Waals surface area contributed by atoms with E-state index < -0.39 is 10.0 Å². The number of benzene rings is 2. The summed E-state index contributed by atoms with van der Waals surface area (Å²) in [5, 5.41) is 3.80. The van der Waals surface area contributed by atoms with Crippen LogP contribution in [0.2, 0.25) is 0 Å². The number of nitrogens with zero attached hydrogens (tertiary/aromatic N) is 1. The lowest BCUT2D eigenvalue weighted by molar-refractivity contribution is 0.411. The van der Waals surface area contributed by atoms with E-state index in [4.69, 9.17) is 4.74 Å². The van der Waals surface area contributed by atoms with Gasteiger partial charge in [-0.1, -0.05) is 34.1 Å². The summed E-state index contributed by atoms with van der Waals surface area (Å²) < 4.78 is 30.9. The van der Waals surface area contributed by atoms with E-state index in [0.717, 1.165) is 8.95 Å². The predicted molar refractivity (Wildman–Crippen MR) is 92.8 cm³/mol. The maximum Gasteiger partial charge on any atom is 0.276 e. The van der Waals surface area contributed by atoms with E-state index in [2.05, 4.69) is 41.8 Å². The fourth-order valence-corrected chi connectivity index (χ4v) is 3.94. The third-order valence-electron chi connectivity index (χ3n) is 2.67. The molecule has 2 aromatic rings. The quantitative estimate of drug-likeness (QED) is 0.563. The van der Waals surface area contributed by atoms with Gasteiger partial charge in [-0.3, -0.25) is 0 Å². The number of nitrogens with one attached hydrogen (secondary N) is 1. The van der Waals surface area contributed by atoms with Crippen LogP contribution in [0, 0.1) is 0 Å². The minimum atomic E-state index is -3.68. The Balaban J connectivity index is 2.24. The molecular weight excluding hydrogens is 436 g/mol. The zero-order valence-corrected chi connectivity index (χ0v) is 15.4. The molecule has 0 atom stereocenters. The Bertz CT molecular complexity index is 793. The van der Waals surface area contributed by atoms with Gasteiger partial charge < -0.3 is 4.74 Å². The number of ether oxygens (including phenoxy) is 1. The van der Waals surface area contributed by atoms with E-state index in [0.29, 0.717) is 11.3 Å². The molecule has 1 N–H and O–H groups in total. The lowest BCUT2D eigenvalue weighted by Crippen LogP contribution is -2.18. The zero-order chi connectivity index (χ0) is 16.2. The SMILES string of the molecule is COc1c(Br)cc(Br)cc1/C=N/NS(=O)(=O)c1ccccc1. The fourth-order valence-electron chi connectivity index (χ4n) is 1.71. The van der Waals surface area contributed by atoms with Crippen LogP contribution in [0.1, 0.15) is 5.56 Å². The van der Waals surface area contributed by atoms with Gasteiger partial charge in [0.2, 0.25) is 0 Å². The summed E-state index contributed by atoms with van der Waals surface area (Å²) in [7, 11) is -2.16. The Morgan fingerprint density at radius 3 is 2.50 bits per heavy atom. The summed E-state index contributed by atoms with van der Waals surface area (Å²) in [6.07, 6.45) is 1.38. The highest BCUT2D eigenvalue weighted by molar-refractivity contribution is 9.11. The molecule has 0 aliphatic heterocycles. The van der Waals surface area contributed by atoms with Crippen molar-refractivity contribution >= 4 is 48.1 Å². The second-order valence-corrected chi connectivity index (χ2v) is 7.61. The highest BCUT2D eigenvalue weighted by Crippen LogP contribution is 2.31. The first-order valence-corrected chi connectivity index (χ1v) is 9.14. The van der Waals surface area contributed by atoms with Gasteiger partial charge >= 0.3 is 0 Å². The number of halogens is 2. The van der Waals surface area contributed by atoms with Gasteiger partial charge in [0, 0.05) is 10.0 Å². The van der Waals surface area contributed by atoms with Crippen LogP contribution in [0.25, 0.3) is 0 Å². The predicted octanol–water partition coefficient (Wildman–Crippen LogP) is 3.53. The maximum atomic E-state index is 12.0. The summed E-state index contributed by atoms with van der Waals surface area (Å²) in [6, 6.07) is 11.6. The largest absolute Gasteiger partial charge is 0.495 e. The summed E-state index contributed by atoms with van der Waals surface area (Å²) in [5.74, 6) is 0.561. The molecular formula is C14H12Br2N2O3S. The Labute approximate surface area is 145 Å². The van der Waals surface area contributed by atoms with E-state index in [1.807, 2.05) is 6.07 Å². The lowest BCUT2D eigenvalue weighted by atomic mass is 10.2. The number of hydrogen-bond donors (Lipinski definition) is 1. The summed E-state index contributed by atoms with van der Waals surface area (Å²) in [4.78, 5) is 2.32. The third-order valence-corrected chi connectivity index (χ3v) is 4.96. The van der Waals surface area contributed by atoms with Crippen LogP contribution >= 0.6 is 31.9 Å². The van der Waals surface area contributed by atoms with Gasteiger partial charge in [0.25, 0.3) is 10.0 Å². The lowest BCUT2D eigenvalue weighted by Gasteiger charge is -2.08. The number of methoxy groups -OCH3 is 1. The van der Waals surface area contributed by atoms with E-state index in [-0.39, 0.29) is 4.90 Å². The van der Waals surface area contributed by atoms with Crippen molar-refractivity contribution in [1.82, 2.24) is 4.83 Å². The minimum Gasteiger partial charge on any atom is -0.495 e. The molecule has 0 amide bonds. The standard InChI is InChI=1S/C14H12Br2N2O3S/c1-21-14-10(7-11(15)8-13(14)16)9-17-18-22(19,20)12-5-3-2-4-6-12/h2-9,18H,1H3/b17-9+. The van der Waals surface area contributed by atoms with Crippen LogP contribution in [0.15, 0.2) is 61.4 Å². The molecule has 0 saturated carbocycles. The van der Waals surface area contributed by atoms with Gasteiger partial charge in [-0.2, -0.15) is 13.5 Å². The Morgan fingerprint density at radius 2 is 1.86 bits per heavy atom. The average molecular weight is 448 g/mol. The van der Waals surface area contributed by atoms with Crippen molar-refractivity contribution in [2.75, 3.05) is 7.11 Å². The van der Waals surface area contributed by atoms with Crippen LogP contribution in [0.3, 0.4) is 0 Å². The average Bonchev–Trinajstić information content (AvgIpc) is 2.47. The third kappa shape index (κ3) is 4.08. The monoisotopic (exact) mass is 446 g/mol. The van der Waals surface area contributed by atoms with Crippen LogP contribution in [-0.2, 0) is 10.0 Å². The second kappa shape index (κ2) is 7.26. The minimum absolute atomic E-state index is 0.148.